The molecule has 0 radical (unpaired) electrons. The van der Waals surface area contributed by atoms with Gasteiger partial charge in [-0.15, -0.1) is 0 Å². The largest absolute Gasteiger partial charge is 0.419 e. The fourth-order valence-corrected chi connectivity index (χ4v) is 1.71. The Morgan fingerprint density at radius 1 is 1.48 bits per heavy atom. The number of halogens is 1. The van der Waals surface area contributed by atoms with Crippen LogP contribution in [0.25, 0.3) is 0 Å². The van der Waals surface area contributed by atoms with Crippen molar-refractivity contribution in [3.05, 3.63) is 45.8 Å². The van der Waals surface area contributed by atoms with Crippen molar-refractivity contribution >= 4 is 11.7 Å². The van der Waals surface area contributed by atoms with Crippen molar-refractivity contribution in [2.24, 2.45) is 0 Å². The second-order valence-electron chi connectivity index (χ2n) is 5.04. The van der Waals surface area contributed by atoms with Crippen LogP contribution in [-0.4, -0.2) is 21.0 Å². The molecule has 0 spiro atoms. The molecule has 0 atom stereocenters. The van der Waals surface area contributed by atoms with Gasteiger partial charge in [0.2, 0.25) is 11.6 Å². The number of ether oxygens (including phenoxy) is 1. The van der Waals surface area contributed by atoms with Crippen molar-refractivity contribution in [1.29, 1.82) is 0 Å². The maximum atomic E-state index is 13.1. The van der Waals surface area contributed by atoms with Crippen LogP contribution in [0.4, 0.5) is 10.1 Å². The van der Waals surface area contributed by atoms with Crippen molar-refractivity contribution < 1.29 is 23.4 Å². The van der Waals surface area contributed by atoms with Gasteiger partial charge in [-0.2, -0.15) is 4.98 Å². The first-order chi connectivity index (χ1) is 10.9. The standard InChI is InChI=1S/C14H14FN3O5/c1-8(2)14-16-12(23-17-14)5-6-13(19)22-11-7-9(15)3-4-10(11)18(20)21/h3-4,7-8H,5-6H2,1-2H3. The first kappa shape index (κ1) is 16.5. The van der Waals surface area contributed by atoms with Crippen LogP contribution in [0.3, 0.4) is 0 Å². The maximum Gasteiger partial charge on any atom is 0.311 e. The Balaban J connectivity index is 1.99. The fraction of sp³-hybridized carbons (Fsp3) is 0.357. The highest BCUT2D eigenvalue weighted by molar-refractivity contribution is 5.74. The third-order valence-corrected chi connectivity index (χ3v) is 2.89. The summed E-state index contributed by atoms with van der Waals surface area (Å²) in [5.74, 6) is -1.06. The van der Waals surface area contributed by atoms with Crippen LogP contribution >= 0.6 is 0 Å². The number of aromatic nitrogens is 2. The highest BCUT2D eigenvalue weighted by Crippen LogP contribution is 2.27. The van der Waals surface area contributed by atoms with Gasteiger partial charge in [-0.3, -0.25) is 14.9 Å². The van der Waals surface area contributed by atoms with Gasteiger partial charge in [0.25, 0.3) is 0 Å². The lowest BCUT2D eigenvalue weighted by molar-refractivity contribution is -0.385. The Hall–Kier alpha value is -2.84. The van der Waals surface area contributed by atoms with E-state index < -0.39 is 28.1 Å². The molecule has 1 aromatic carbocycles. The van der Waals surface area contributed by atoms with Gasteiger partial charge in [0.05, 0.1) is 11.3 Å². The zero-order chi connectivity index (χ0) is 17.0. The summed E-state index contributed by atoms with van der Waals surface area (Å²) < 4.78 is 23.0. The average Bonchev–Trinajstić information content (AvgIpc) is 2.94. The fourth-order valence-electron chi connectivity index (χ4n) is 1.71. The number of rotatable bonds is 6. The normalized spacial score (nSPS) is 10.8. The number of hydrogen-bond donors (Lipinski definition) is 0. The Kier molecular flexibility index (Phi) is 4.99. The van der Waals surface area contributed by atoms with Crippen molar-refractivity contribution in [3.8, 4) is 5.75 Å². The van der Waals surface area contributed by atoms with Gasteiger partial charge in [0, 0.05) is 24.5 Å². The smallest absolute Gasteiger partial charge is 0.311 e. The van der Waals surface area contributed by atoms with Crippen molar-refractivity contribution in [2.45, 2.75) is 32.6 Å². The number of nitro benzene ring substituents is 1. The molecule has 0 fully saturated rings. The third kappa shape index (κ3) is 4.31. The molecule has 2 aromatic rings. The van der Waals surface area contributed by atoms with E-state index in [1.54, 1.807) is 0 Å². The summed E-state index contributed by atoms with van der Waals surface area (Å²) >= 11 is 0. The second kappa shape index (κ2) is 6.95. The van der Waals surface area contributed by atoms with Crippen LogP contribution in [-0.2, 0) is 11.2 Å². The van der Waals surface area contributed by atoms with Crippen LogP contribution in [0.1, 0.15) is 37.9 Å². The average molecular weight is 323 g/mol. The van der Waals surface area contributed by atoms with Gasteiger partial charge in [-0.1, -0.05) is 19.0 Å². The molecule has 8 nitrogen and oxygen atoms in total. The minimum Gasteiger partial charge on any atom is -0.419 e. The predicted molar refractivity (Wildman–Crippen MR) is 75.4 cm³/mol. The molecule has 0 saturated heterocycles. The van der Waals surface area contributed by atoms with E-state index in [-0.39, 0.29) is 24.7 Å². The minimum atomic E-state index is -0.761. The second-order valence-corrected chi connectivity index (χ2v) is 5.04. The Morgan fingerprint density at radius 3 is 2.83 bits per heavy atom. The molecule has 0 saturated carbocycles. The number of nitro groups is 1. The molecule has 0 unspecified atom stereocenters. The molecule has 0 aliphatic heterocycles. The molecule has 122 valence electrons. The molecule has 1 aromatic heterocycles. The Morgan fingerprint density at radius 2 is 2.22 bits per heavy atom. The van der Waals surface area contributed by atoms with Crippen molar-refractivity contribution in [3.63, 3.8) is 0 Å². The van der Waals surface area contributed by atoms with E-state index in [1.807, 2.05) is 13.8 Å². The number of nitrogens with zero attached hydrogens (tertiary/aromatic N) is 3. The molecule has 23 heavy (non-hydrogen) atoms. The van der Waals surface area contributed by atoms with E-state index >= 15 is 0 Å². The SMILES string of the molecule is CC(C)c1noc(CCC(=O)Oc2cc(F)ccc2[N+](=O)[O-])n1. The van der Waals surface area contributed by atoms with Crippen LogP contribution in [0.5, 0.6) is 5.75 Å². The van der Waals surface area contributed by atoms with E-state index in [2.05, 4.69) is 10.1 Å². The number of esters is 1. The lowest BCUT2D eigenvalue weighted by Gasteiger charge is -2.04. The zero-order valence-electron chi connectivity index (χ0n) is 12.5. The summed E-state index contributed by atoms with van der Waals surface area (Å²) in [4.78, 5) is 25.9. The van der Waals surface area contributed by atoms with Crippen LogP contribution in [0.2, 0.25) is 0 Å². The summed E-state index contributed by atoms with van der Waals surface area (Å²) in [5.41, 5.74) is -0.486. The van der Waals surface area contributed by atoms with E-state index in [0.29, 0.717) is 5.82 Å². The molecule has 2 rings (SSSR count). The number of hydrogen-bond acceptors (Lipinski definition) is 7. The third-order valence-electron chi connectivity index (χ3n) is 2.89. The molecule has 1 heterocycles. The molecule has 9 heteroatoms. The number of carbonyl (C=O) groups excluding carboxylic acids is 1. The van der Waals surface area contributed by atoms with Crippen LogP contribution in [0.15, 0.2) is 22.7 Å². The highest BCUT2D eigenvalue weighted by Gasteiger charge is 2.19. The van der Waals surface area contributed by atoms with E-state index in [1.165, 1.54) is 0 Å². The number of benzene rings is 1. The van der Waals surface area contributed by atoms with E-state index in [0.717, 1.165) is 18.2 Å². The molecule has 0 bridgehead atoms. The number of carbonyl (C=O) groups is 1. The molecule has 0 aliphatic carbocycles. The molecule has 0 N–H and O–H groups in total. The molecule has 0 amide bonds. The van der Waals surface area contributed by atoms with Crippen molar-refractivity contribution in [1.82, 2.24) is 10.1 Å². The van der Waals surface area contributed by atoms with Gasteiger partial charge in [0.1, 0.15) is 5.82 Å². The monoisotopic (exact) mass is 323 g/mol. The summed E-state index contributed by atoms with van der Waals surface area (Å²) in [6.45, 7) is 3.79. The van der Waals surface area contributed by atoms with Crippen LogP contribution < -0.4 is 4.74 Å². The lowest BCUT2D eigenvalue weighted by atomic mass is 10.2. The summed E-state index contributed by atoms with van der Waals surface area (Å²) in [5, 5.41) is 14.6. The minimum absolute atomic E-state index is 0.0920. The Labute approximate surface area is 130 Å². The molecular formula is C14H14FN3O5. The van der Waals surface area contributed by atoms with Gasteiger partial charge < -0.3 is 9.26 Å². The quantitative estimate of drug-likeness (QED) is 0.348. The maximum absolute atomic E-state index is 13.1. The summed E-state index contributed by atoms with van der Waals surface area (Å²) in [6, 6.07) is 2.64. The molecule has 0 aliphatic rings. The highest BCUT2D eigenvalue weighted by atomic mass is 19.1. The number of aryl methyl sites for hydroxylation is 1. The molecular weight excluding hydrogens is 309 g/mol. The van der Waals surface area contributed by atoms with Gasteiger partial charge in [-0.25, -0.2) is 4.39 Å². The van der Waals surface area contributed by atoms with E-state index in [4.69, 9.17) is 9.26 Å². The van der Waals surface area contributed by atoms with E-state index in [9.17, 15) is 19.3 Å². The first-order valence-electron chi connectivity index (χ1n) is 6.84. The summed E-state index contributed by atoms with van der Waals surface area (Å²) in [6.07, 6.45) is -0.00490. The summed E-state index contributed by atoms with van der Waals surface area (Å²) in [7, 11) is 0. The van der Waals surface area contributed by atoms with Crippen molar-refractivity contribution in [2.75, 3.05) is 0 Å². The predicted octanol–water partition coefficient (Wildman–Crippen LogP) is 2.78. The first-order valence-corrected chi connectivity index (χ1v) is 6.84. The van der Waals surface area contributed by atoms with Gasteiger partial charge in [0.15, 0.2) is 5.82 Å². The topological polar surface area (TPSA) is 108 Å². The Bertz CT molecular complexity index is 729. The zero-order valence-corrected chi connectivity index (χ0v) is 12.5. The van der Waals surface area contributed by atoms with Gasteiger partial charge in [-0.05, 0) is 6.07 Å². The lowest BCUT2D eigenvalue weighted by Crippen LogP contribution is -2.10. The van der Waals surface area contributed by atoms with Crippen LogP contribution in [0, 0.1) is 15.9 Å². The van der Waals surface area contributed by atoms with Gasteiger partial charge >= 0.3 is 11.7 Å².